The number of aromatic amines is 1. The Bertz CT molecular complexity index is 1240. The van der Waals surface area contributed by atoms with Crippen LogP contribution in [-0.4, -0.2) is 59.5 Å². The molecule has 180 valence electrons. The molecular formula is C24H26ClN3O5S. The summed E-state index contributed by atoms with van der Waals surface area (Å²) >= 11 is 7.42. The lowest BCUT2D eigenvalue weighted by Crippen LogP contribution is -2.37. The normalized spacial score (nSPS) is 12.6. The highest BCUT2D eigenvalue weighted by molar-refractivity contribution is 7.17. The number of furan rings is 1. The van der Waals surface area contributed by atoms with E-state index in [1.165, 1.54) is 11.3 Å². The van der Waals surface area contributed by atoms with E-state index >= 15 is 0 Å². The van der Waals surface area contributed by atoms with Crippen molar-refractivity contribution in [3.05, 3.63) is 75.0 Å². The van der Waals surface area contributed by atoms with Crippen molar-refractivity contribution in [2.24, 2.45) is 0 Å². The predicted molar refractivity (Wildman–Crippen MR) is 132 cm³/mol. The highest BCUT2D eigenvalue weighted by atomic mass is 35.5. The van der Waals surface area contributed by atoms with Gasteiger partial charge in [0.25, 0.3) is 5.56 Å². The second-order valence-electron chi connectivity index (χ2n) is 7.83. The van der Waals surface area contributed by atoms with Gasteiger partial charge < -0.3 is 24.0 Å². The van der Waals surface area contributed by atoms with E-state index < -0.39 is 6.10 Å². The van der Waals surface area contributed by atoms with Crippen LogP contribution in [-0.2, 0) is 22.6 Å². The molecule has 4 rings (SSSR count). The fourth-order valence-electron chi connectivity index (χ4n) is 3.62. The lowest BCUT2D eigenvalue weighted by atomic mass is 10.1. The zero-order valence-corrected chi connectivity index (χ0v) is 20.3. The molecule has 0 aliphatic heterocycles. The maximum absolute atomic E-state index is 13.0. The second-order valence-corrected chi connectivity index (χ2v) is 9.12. The van der Waals surface area contributed by atoms with Crippen molar-refractivity contribution in [1.82, 2.24) is 14.9 Å². The van der Waals surface area contributed by atoms with Crippen LogP contribution in [0.15, 0.2) is 57.3 Å². The molecule has 0 amide bonds. The molecule has 0 saturated carbocycles. The molecule has 0 bridgehead atoms. The summed E-state index contributed by atoms with van der Waals surface area (Å²) in [7, 11) is 1.62. The van der Waals surface area contributed by atoms with E-state index in [2.05, 4.69) is 9.97 Å². The first-order chi connectivity index (χ1) is 16.5. The molecule has 0 aliphatic carbocycles. The van der Waals surface area contributed by atoms with E-state index in [1.54, 1.807) is 31.6 Å². The number of nitrogens with one attached hydrogen (secondary N) is 1. The highest BCUT2D eigenvalue weighted by Crippen LogP contribution is 2.31. The second kappa shape index (κ2) is 11.7. The minimum atomic E-state index is -0.722. The van der Waals surface area contributed by atoms with Crippen molar-refractivity contribution in [2.45, 2.75) is 19.3 Å². The maximum Gasteiger partial charge on any atom is 0.260 e. The summed E-state index contributed by atoms with van der Waals surface area (Å²) in [5, 5.41) is 13.6. The topological polar surface area (TPSA) is 101 Å². The first kappa shape index (κ1) is 24.6. The number of fused-ring (bicyclic) bond motifs is 1. The van der Waals surface area contributed by atoms with E-state index in [-0.39, 0.29) is 12.2 Å². The number of aliphatic hydroxyl groups excluding tert-OH is 1. The number of hydrogen-bond acceptors (Lipinski definition) is 8. The van der Waals surface area contributed by atoms with Crippen molar-refractivity contribution in [3.8, 4) is 11.1 Å². The lowest BCUT2D eigenvalue weighted by molar-refractivity contribution is 0.0000995. The summed E-state index contributed by atoms with van der Waals surface area (Å²) in [5.74, 6) is 1.23. The van der Waals surface area contributed by atoms with Crippen molar-refractivity contribution in [2.75, 3.05) is 33.4 Å². The number of rotatable bonds is 12. The monoisotopic (exact) mass is 503 g/mol. The Hall–Kier alpha value is -2.53. The summed E-state index contributed by atoms with van der Waals surface area (Å²) in [6.45, 7) is 2.19. The third-order valence-corrected chi connectivity index (χ3v) is 6.36. The smallest absolute Gasteiger partial charge is 0.260 e. The molecule has 10 heteroatoms. The van der Waals surface area contributed by atoms with Gasteiger partial charge in [-0.3, -0.25) is 9.69 Å². The van der Waals surface area contributed by atoms with Gasteiger partial charge in [-0.15, -0.1) is 11.3 Å². The molecule has 0 spiro atoms. The van der Waals surface area contributed by atoms with Crippen LogP contribution in [0.4, 0.5) is 0 Å². The number of thiophene rings is 1. The van der Waals surface area contributed by atoms with E-state index in [1.807, 2.05) is 28.5 Å². The van der Waals surface area contributed by atoms with Gasteiger partial charge in [0, 0.05) is 36.2 Å². The minimum absolute atomic E-state index is 0.155. The van der Waals surface area contributed by atoms with Crippen LogP contribution in [0.1, 0.15) is 11.6 Å². The zero-order valence-electron chi connectivity index (χ0n) is 18.7. The third kappa shape index (κ3) is 6.32. The summed E-state index contributed by atoms with van der Waals surface area (Å²) in [5.41, 5.74) is 1.55. The number of H-pyrrole nitrogens is 1. The van der Waals surface area contributed by atoms with Crippen LogP contribution in [0.3, 0.4) is 0 Å². The van der Waals surface area contributed by atoms with E-state index in [0.717, 1.165) is 11.1 Å². The van der Waals surface area contributed by atoms with Crippen LogP contribution in [0, 0.1) is 0 Å². The molecule has 8 nitrogen and oxygen atoms in total. The zero-order chi connectivity index (χ0) is 23.9. The first-order valence-corrected chi connectivity index (χ1v) is 12.0. The van der Waals surface area contributed by atoms with Crippen molar-refractivity contribution in [3.63, 3.8) is 0 Å². The van der Waals surface area contributed by atoms with Crippen LogP contribution >= 0.6 is 22.9 Å². The minimum Gasteiger partial charge on any atom is -0.467 e. The molecule has 1 atom stereocenters. The lowest BCUT2D eigenvalue weighted by Gasteiger charge is -2.24. The summed E-state index contributed by atoms with van der Waals surface area (Å²) < 4.78 is 16.0. The number of aliphatic hydroxyl groups is 1. The number of aromatic nitrogens is 2. The molecule has 0 radical (unpaired) electrons. The summed E-state index contributed by atoms with van der Waals surface area (Å²) in [4.78, 5) is 23.2. The Morgan fingerprint density at radius 2 is 2.12 bits per heavy atom. The van der Waals surface area contributed by atoms with Gasteiger partial charge in [-0.25, -0.2) is 4.98 Å². The fourth-order valence-corrected chi connectivity index (χ4v) is 4.71. The number of halogens is 1. The maximum atomic E-state index is 13.0. The van der Waals surface area contributed by atoms with Crippen LogP contribution in [0.2, 0.25) is 5.02 Å². The number of nitrogens with zero attached hydrogens (tertiary/aromatic N) is 2. The van der Waals surface area contributed by atoms with Crippen molar-refractivity contribution >= 4 is 33.2 Å². The number of hydrogen-bond donors (Lipinski definition) is 2. The van der Waals surface area contributed by atoms with Crippen LogP contribution < -0.4 is 5.56 Å². The third-order valence-electron chi connectivity index (χ3n) is 5.24. The van der Waals surface area contributed by atoms with Crippen LogP contribution in [0.25, 0.3) is 21.3 Å². The SMILES string of the molecule is COCCN(Cc1nc2scc(-c3ccc(Cl)cc3)c2c(=O)[nH]1)CC(O)COCc1ccco1. The number of methoxy groups -OCH3 is 1. The van der Waals surface area contributed by atoms with E-state index in [9.17, 15) is 9.90 Å². The van der Waals surface area contributed by atoms with Gasteiger partial charge in [0.05, 0.1) is 37.5 Å². The Kier molecular flexibility index (Phi) is 8.49. The van der Waals surface area contributed by atoms with Gasteiger partial charge in [0.15, 0.2) is 0 Å². The van der Waals surface area contributed by atoms with Gasteiger partial charge in [0.1, 0.15) is 23.0 Å². The Morgan fingerprint density at radius 1 is 1.29 bits per heavy atom. The molecule has 0 aliphatic rings. The summed E-state index contributed by atoms with van der Waals surface area (Å²) in [6, 6.07) is 11.0. The largest absolute Gasteiger partial charge is 0.467 e. The number of ether oxygens (including phenoxy) is 2. The van der Waals surface area contributed by atoms with Gasteiger partial charge >= 0.3 is 0 Å². The van der Waals surface area contributed by atoms with Gasteiger partial charge in [-0.1, -0.05) is 23.7 Å². The molecule has 2 N–H and O–H groups in total. The van der Waals surface area contributed by atoms with Crippen LogP contribution in [0.5, 0.6) is 0 Å². The molecule has 34 heavy (non-hydrogen) atoms. The first-order valence-electron chi connectivity index (χ1n) is 10.8. The Morgan fingerprint density at radius 3 is 2.85 bits per heavy atom. The average Bonchev–Trinajstić information content (AvgIpc) is 3.48. The Labute approximate surface area is 205 Å². The molecule has 1 aromatic carbocycles. The molecular weight excluding hydrogens is 478 g/mol. The van der Waals surface area contributed by atoms with Gasteiger partial charge in [-0.2, -0.15) is 0 Å². The van der Waals surface area contributed by atoms with E-state index in [4.69, 9.17) is 25.5 Å². The molecule has 1 unspecified atom stereocenters. The van der Waals surface area contributed by atoms with Crippen molar-refractivity contribution in [1.29, 1.82) is 0 Å². The molecule has 0 saturated heterocycles. The standard InChI is InChI=1S/C24H26ClN3O5S/c1-31-10-8-28(11-18(29)13-32-14-19-3-2-9-33-19)12-21-26-23(30)22-20(15-34-24(22)27-21)16-4-6-17(25)7-5-16/h2-7,9,15,18,29H,8,10-14H2,1H3,(H,26,27,30). The Balaban J connectivity index is 1.45. The van der Waals surface area contributed by atoms with Gasteiger partial charge in [0.2, 0.25) is 0 Å². The summed E-state index contributed by atoms with van der Waals surface area (Å²) in [6.07, 6.45) is 0.860. The molecule has 4 aromatic rings. The van der Waals surface area contributed by atoms with E-state index in [0.29, 0.717) is 59.7 Å². The molecule has 3 aromatic heterocycles. The quantitative estimate of drug-likeness (QED) is 0.302. The average molecular weight is 504 g/mol. The predicted octanol–water partition coefficient (Wildman–Crippen LogP) is 3.92. The molecule has 3 heterocycles. The number of benzene rings is 1. The highest BCUT2D eigenvalue weighted by Gasteiger charge is 2.17. The fraction of sp³-hybridized carbons (Fsp3) is 0.333. The molecule has 0 fully saturated rings. The van der Waals surface area contributed by atoms with Crippen molar-refractivity contribution < 1.29 is 19.0 Å². The van der Waals surface area contributed by atoms with Gasteiger partial charge in [-0.05, 0) is 29.8 Å².